The molecule has 1 aromatic heterocycles. The van der Waals surface area contributed by atoms with Gasteiger partial charge in [0, 0.05) is 20.1 Å². The van der Waals surface area contributed by atoms with Crippen molar-refractivity contribution in [2.75, 3.05) is 7.05 Å². The third kappa shape index (κ3) is 5.11. The van der Waals surface area contributed by atoms with Crippen LogP contribution in [-0.4, -0.2) is 38.6 Å². The summed E-state index contributed by atoms with van der Waals surface area (Å²) in [7, 11) is 1.61. The summed E-state index contributed by atoms with van der Waals surface area (Å²) in [4.78, 5) is 45.3. The Hall–Kier alpha value is -4.21. The van der Waals surface area contributed by atoms with Crippen LogP contribution in [0.1, 0.15) is 52.7 Å². The molecule has 3 atom stereocenters. The molecule has 198 valence electrons. The first-order chi connectivity index (χ1) is 18.3. The van der Waals surface area contributed by atoms with E-state index in [2.05, 4.69) is 10.3 Å². The van der Waals surface area contributed by atoms with Gasteiger partial charge in [0.05, 0.1) is 6.04 Å². The minimum atomic E-state index is -0.741. The second kappa shape index (κ2) is 10.6. The van der Waals surface area contributed by atoms with Gasteiger partial charge in [0.1, 0.15) is 18.2 Å². The molecule has 2 aliphatic rings. The van der Waals surface area contributed by atoms with E-state index in [1.165, 1.54) is 33.7 Å². The predicted molar refractivity (Wildman–Crippen MR) is 136 cm³/mol. The Morgan fingerprint density at radius 3 is 2.61 bits per heavy atom. The number of ether oxygens (including phenoxy) is 1. The van der Waals surface area contributed by atoms with Crippen LogP contribution in [0.5, 0.6) is 5.75 Å². The largest absolute Gasteiger partial charge is 0.501 e. The maximum Gasteiger partial charge on any atom is 0.410 e. The fraction of sp³-hybridized carbons (Fsp3) is 0.357. The first-order valence-electron chi connectivity index (χ1n) is 12.6. The number of nitrogens with zero attached hydrogens (tertiary/aromatic N) is 3. The lowest BCUT2D eigenvalue weighted by Gasteiger charge is -2.32. The molecule has 9 nitrogen and oxygen atoms in total. The molecule has 1 aliphatic carbocycles. The fourth-order valence-corrected chi connectivity index (χ4v) is 5.45. The van der Waals surface area contributed by atoms with Crippen LogP contribution in [0, 0.1) is 17.7 Å². The van der Waals surface area contributed by atoms with Crippen molar-refractivity contribution in [2.45, 2.75) is 45.0 Å². The first-order valence-corrected chi connectivity index (χ1v) is 12.6. The van der Waals surface area contributed by atoms with E-state index in [-0.39, 0.29) is 30.8 Å². The van der Waals surface area contributed by atoms with Gasteiger partial charge in [-0.3, -0.25) is 14.2 Å². The molecule has 5 rings (SSSR count). The Balaban J connectivity index is 1.43. The Morgan fingerprint density at radius 1 is 1.13 bits per heavy atom. The van der Waals surface area contributed by atoms with E-state index in [0.717, 1.165) is 24.8 Å². The number of carbonyl (C=O) groups is 2. The predicted octanol–water partition coefficient (Wildman–Crippen LogP) is 3.76. The molecule has 2 N–H and O–H groups in total. The Morgan fingerprint density at radius 2 is 1.87 bits per heavy atom. The number of carbonyl (C=O) groups excluding carboxylic acids is 2. The highest BCUT2D eigenvalue weighted by Gasteiger charge is 2.43. The Kier molecular flexibility index (Phi) is 7.13. The zero-order valence-corrected chi connectivity index (χ0v) is 21.0. The molecule has 2 amide bonds. The summed E-state index contributed by atoms with van der Waals surface area (Å²) in [6.07, 6.45) is 1.95. The van der Waals surface area contributed by atoms with E-state index in [0.29, 0.717) is 12.1 Å². The lowest BCUT2D eigenvalue weighted by atomic mass is 9.96. The number of hydrogen-bond acceptors (Lipinski definition) is 6. The van der Waals surface area contributed by atoms with E-state index < -0.39 is 40.9 Å². The number of nitrogens with one attached hydrogen (secondary N) is 1. The highest BCUT2D eigenvalue weighted by Crippen LogP contribution is 2.44. The zero-order chi connectivity index (χ0) is 26.8. The molecule has 0 saturated heterocycles. The molecule has 1 aliphatic heterocycles. The lowest BCUT2D eigenvalue weighted by Crippen LogP contribution is -2.40. The summed E-state index contributed by atoms with van der Waals surface area (Å²) in [6, 6.07) is 14.3. The number of amides is 2. The van der Waals surface area contributed by atoms with Crippen LogP contribution in [0.3, 0.4) is 0 Å². The van der Waals surface area contributed by atoms with Crippen LogP contribution in [0.4, 0.5) is 9.18 Å². The molecule has 2 heterocycles. The van der Waals surface area contributed by atoms with Crippen LogP contribution in [-0.2, 0) is 24.4 Å². The molecule has 3 unspecified atom stereocenters. The van der Waals surface area contributed by atoms with Gasteiger partial charge in [-0.2, -0.15) is 0 Å². The molecular formula is C28H29FN4O5. The number of aromatic hydroxyl groups is 1. The molecule has 10 heteroatoms. The molecule has 1 fully saturated rings. The zero-order valence-electron chi connectivity index (χ0n) is 21.0. The summed E-state index contributed by atoms with van der Waals surface area (Å²) in [6.45, 7) is 0.501. The van der Waals surface area contributed by atoms with Crippen molar-refractivity contribution in [1.29, 1.82) is 0 Å². The molecule has 3 aromatic rings. The molecule has 2 aromatic carbocycles. The maximum atomic E-state index is 13.2. The number of hydrogen-bond donors (Lipinski definition) is 2. The molecule has 38 heavy (non-hydrogen) atoms. The molecular weight excluding hydrogens is 491 g/mol. The van der Waals surface area contributed by atoms with Crippen LogP contribution >= 0.6 is 0 Å². The Labute approximate surface area is 218 Å². The van der Waals surface area contributed by atoms with E-state index in [9.17, 15) is 23.9 Å². The van der Waals surface area contributed by atoms with E-state index in [1.54, 1.807) is 7.05 Å². The van der Waals surface area contributed by atoms with E-state index >= 15 is 0 Å². The second-order valence-corrected chi connectivity index (χ2v) is 9.93. The topological polar surface area (TPSA) is 114 Å². The van der Waals surface area contributed by atoms with Crippen LogP contribution in [0.15, 0.2) is 59.4 Å². The Bertz CT molecular complexity index is 1390. The number of aromatic nitrogens is 2. The van der Waals surface area contributed by atoms with Crippen LogP contribution < -0.4 is 10.9 Å². The highest BCUT2D eigenvalue weighted by atomic mass is 19.1. The summed E-state index contributed by atoms with van der Waals surface area (Å²) in [5.74, 6) is -1.40. The molecule has 0 spiro atoms. The van der Waals surface area contributed by atoms with Crippen molar-refractivity contribution in [3.05, 3.63) is 93.4 Å². The molecule has 0 radical (unpaired) electrons. The average molecular weight is 521 g/mol. The van der Waals surface area contributed by atoms with Crippen LogP contribution in [0.25, 0.3) is 0 Å². The van der Waals surface area contributed by atoms with Crippen LogP contribution in [0.2, 0.25) is 0 Å². The summed E-state index contributed by atoms with van der Waals surface area (Å²) in [5.41, 5.74) is 0.361. The fourth-order valence-electron chi connectivity index (χ4n) is 5.45. The summed E-state index contributed by atoms with van der Waals surface area (Å²) in [5, 5.41) is 13.3. The number of halogens is 1. The van der Waals surface area contributed by atoms with Gasteiger partial charge < -0.3 is 20.1 Å². The second-order valence-electron chi connectivity index (χ2n) is 9.93. The van der Waals surface area contributed by atoms with E-state index in [1.807, 2.05) is 30.3 Å². The summed E-state index contributed by atoms with van der Waals surface area (Å²) >= 11 is 0. The van der Waals surface area contributed by atoms with Gasteiger partial charge in [0.15, 0.2) is 5.69 Å². The van der Waals surface area contributed by atoms with Crippen molar-refractivity contribution in [2.24, 2.45) is 11.8 Å². The van der Waals surface area contributed by atoms with Gasteiger partial charge in [-0.15, -0.1) is 0 Å². The highest BCUT2D eigenvalue weighted by molar-refractivity contribution is 5.94. The first kappa shape index (κ1) is 25.4. The normalized spacial score (nSPS) is 19.8. The minimum Gasteiger partial charge on any atom is -0.501 e. The quantitative estimate of drug-likeness (QED) is 0.512. The van der Waals surface area contributed by atoms with Crippen molar-refractivity contribution >= 4 is 12.0 Å². The smallest absolute Gasteiger partial charge is 0.410 e. The third-order valence-electron chi connectivity index (χ3n) is 7.40. The minimum absolute atomic E-state index is 0.0228. The number of fused-ring (bicyclic) bond motifs is 3. The van der Waals surface area contributed by atoms with Crippen molar-refractivity contribution in [1.82, 2.24) is 19.8 Å². The monoisotopic (exact) mass is 520 g/mol. The lowest BCUT2D eigenvalue weighted by molar-refractivity contribution is 0.0762. The average Bonchev–Trinajstić information content (AvgIpc) is 3.32. The maximum absolute atomic E-state index is 13.2. The van der Waals surface area contributed by atoms with Gasteiger partial charge in [0.25, 0.3) is 11.5 Å². The van der Waals surface area contributed by atoms with Gasteiger partial charge >= 0.3 is 6.09 Å². The van der Waals surface area contributed by atoms with Gasteiger partial charge in [0.2, 0.25) is 5.75 Å². The van der Waals surface area contributed by atoms with Gasteiger partial charge in [-0.25, -0.2) is 14.2 Å². The third-order valence-corrected chi connectivity index (χ3v) is 7.40. The molecule has 1 saturated carbocycles. The number of benzene rings is 2. The SMILES string of the molecule is CN(C(=O)OCc1ccccc1)C1c2nc(C(=O)NCc3ccc(F)cc3)c(O)c(=O)n2CC2CCC1C2. The summed E-state index contributed by atoms with van der Waals surface area (Å²) < 4.78 is 20.1. The van der Waals surface area contributed by atoms with Gasteiger partial charge in [-0.05, 0) is 54.4 Å². The van der Waals surface area contributed by atoms with Crippen molar-refractivity contribution in [3.63, 3.8) is 0 Å². The van der Waals surface area contributed by atoms with E-state index in [4.69, 9.17) is 4.74 Å². The molecule has 2 bridgehead atoms. The van der Waals surface area contributed by atoms with Crippen molar-refractivity contribution in [3.8, 4) is 5.75 Å². The van der Waals surface area contributed by atoms with Gasteiger partial charge in [-0.1, -0.05) is 42.5 Å². The standard InChI is InChI=1S/C28H29FN4O5/c1-32(28(37)38-16-18-5-3-2-4-6-18)23-20-10-7-19(13-20)15-33-25(23)31-22(24(34)27(33)36)26(35)30-14-17-8-11-21(29)12-9-17/h2-6,8-9,11-12,19-20,23,34H,7,10,13-16H2,1H3,(H,30,35). The number of rotatable bonds is 6. The van der Waals surface area contributed by atoms with Crippen molar-refractivity contribution < 1.29 is 23.8 Å².